The molecule has 0 aliphatic carbocycles. The van der Waals surface area contributed by atoms with E-state index in [1.807, 2.05) is 30.5 Å². The van der Waals surface area contributed by atoms with E-state index in [1.54, 1.807) is 44.2 Å². The first-order valence-electron chi connectivity index (χ1n) is 10.9. The van der Waals surface area contributed by atoms with Crippen LogP contribution in [0.5, 0.6) is 0 Å². The molecule has 0 spiro atoms. The van der Waals surface area contributed by atoms with Crippen LogP contribution in [0.1, 0.15) is 46.3 Å². The Morgan fingerprint density at radius 2 is 1.74 bits per heavy atom. The Labute approximate surface area is 202 Å². The number of hydrogen-bond donors (Lipinski definition) is 2. The van der Waals surface area contributed by atoms with Crippen molar-refractivity contribution in [3.8, 4) is 0 Å². The number of halogens is 1. The minimum atomic E-state index is -0.911. The van der Waals surface area contributed by atoms with Gasteiger partial charge in [-0.15, -0.1) is 11.3 Å². The predicted octanol–water partition coefficient (Wildman–Crippen LogP) is 4.40. The van der Waals surface area contributed by atoms with Crippen molar-refractivity contribution in [1.82, 2.24) is 10.6 Å². The summed E-state index contributed by atoms with van der Waals surface area (Å²) in [4.78, 5) is 38.8. The van der Waals surface area contributed by atoms with E-state index in [4.69, 9.17) is 4.74 Å². The predicted molar refractivity (Wildman–Crippen MR) is 129 cm³/mol. The highest BCUT2D eigenvalue weighted by molar-refractivity contribution is 7.10. The Bertz CT molecular complexity index is 1130. The van der Waals surface area contributed by atoms with E-state index in [0.717, 1.165) is 10.4 Å². The zero-order valence-electron chi connectivity index (χ0n) is 19.2. The average Bonchev–Trinajstić information content (AvgIpc) is 3.34. The molecular formula is C26H27FN2O4S. The van der Waals surface area contributed by atoms with E-state index >= 15 is 0 Å². The molecule has 1 aromatic heterocycles. The highest BCUT2D eigenvalue weighted by atomic mass is 32.1. The lowest BCUT2D eigenvalue weighted by Crippen LogP contribution is -2.46. The van der Waals surface area contributed by atoms with E-state index in [2.05, 4.69) is 10.6 Å². The van der Waals surface area contributed by atoms with Gasteiger partial charge in [-0.25, -0.2) is 9.18 Å². The minimum absolute atomic E-state index is 0.248. The Morgan fingerprint density at radius 1 is 1.00 bits per heavy atom. The van der Waals surface area contributed by atoms with Crippen molar-refractivity contribution in [1.29, 1.82) is 0 Å². The van der Waals surface area contributed by atoms with Crippen molar-refractivity contribution in [2.24, 2.45) is 5.92 Å². The normalized spacial score (nSPS) is 12.6. The van der Waals surface area contributed by atoms with Gasteiger partial charge < -0.3 is 15.4 Å². The molecule has 0 radical (unpaired) electrons. The van der Waals surface area contributed by atoms with Gasteiger partial charge in [-0.05, 0) is 54.1 Å². The Balaban J connectivity index is 1.62. The fraction of sp³-hybridized carbons (Fsp3) is 0.269. The topological polar surface area (TPSA) is 84.5 Å². The fourth-order valence-corrected chi connectivity index (χ4v) is 4.17. The zero-order chi connectivity index (χ0) is 24.7. The van der Waals surface area contributed by atoms with Gasteiger partial charge in [0.15, 0.2) is 6.61 Å². The lowest BCUT2D eigenvalue weighted by Gasteiger charge is -2.22. The number of thiophene rings is 1. The Kier molecular flexibility index (Phi) is 8.54. The van der Waals surface area contributed by atoms with Gasteiger partial charge in [0.25, 0.3) is 11.8 Å². The highest BCUT2D eigenvalue weighted by Crippen LogP contribution is 2.26. The van der Waals surface area contributed by atoms with Gasteiger partial charge in [0.05, 0.1) is 6.04 Å². The molecule has 1 heterocycles. The molecule has 2 N–H and O–H groups in total. The Hall–Kier alpha value is -3.52. The maximum atomic E-state index is 13.4. The van der Waals surface area contributed by atoms with Crippen molar-refractivity contribution < 1.29 is 23.5 Å². The largest absolute Gasteiger partial charge is 0.454 e. The number of rotatable bonds is 9. The summed E-state index contributed by atoms with van der Waals surface area (Å²) in [6, 6.07) is 15.2. The van der Waals surface area contributed by atoms with Crippen molar-refractivity contribution in [2.45, 2.75) is 32.9 Å². The summed E-state index contributed by atoms with van der Waals surface area (Å²) in [7, 11) is 0. The smallest absolute Gasteiger partial charge is 0.329 e. The maximum absolute atomic E-state index is 13.4. The molecule has 2 amide bonds. The number of amides is 2. The number of hydrogen-bond acceptors (Lipinski definition) is 5. The third-order valence-corrected chi connectivity index (χ3v) is 6.11. The number of benzene rings is 2. The maximum Gasteiger partial charge on any atom is 0.329 e. The second kappa shape index (κ2) is 11.6. The molecule has 0 aliphatic rings. The van der Waals surface area contributed by atoms with E-state index in [1.165, 1.54) is 23.5 Å². The molecule has 1 unspecified atom stereocenters. The summed E-state index contributed by atoms with van der Waals surface area (Å²) in [5.41, 5.74) is 2.07. The van der Waals surface area contributed by atoms with Gasteiger partial charge in [-0.1, -0.05) is 49.7 Å². The van der Waals surface area contributed by atoms with Crippen molar-refractivity contribution in [3.63, 3.8) is 0 Å². The molecule has 8 heteroatoms. The summed E-state index contributed by atoms with van der Waals surface area (Å²) in [6.07, 6.45) is 0. The number of nitrogens with one attached hydrogen (secondary N) is 2. The molecule has 34 heavy (non-hydrogen) atoms. The standard InChI is InChI=1S/C26H27FN2O4S/c1-16(2)23(29-25(31)19-7-4-6-17(3)14-19)26(32)33-15-22(30)28-24(21-8-5-13-34-21)18-9-11-20(27)12-10-18/h4-14,16,23-24H,15H2,1-3H3,(H,28,30)(H,29,31)/t23-,24?/m0/s1. The molecule has 3 aromatic rings. The van der Waals surface area contributed by atoms with E-state index in [-0.39, 0.29) is 11.7 Å². The first-order valence-corrected chi connectivity index (χ1v) is 11.7. The highest BCUT2D eigenvalue weighted by Gasteiger charge is 2.27. The number of carbonyl (C=O) groups excluding carboxylic acids is 3. The Morgan fingerprint density at radius 3 is 2.35 bits per heavy atom. The summed E-state index contributed by atoms with van der Waals surface area (Å²) < 4.78 is 18.6. The summed E-state index contributed by atoms with van der Waals surface area (Å²) in [6.45, 7) is 4.93. The fourth-order valence-electron chi connectivity index (χ4n) is 3.37. The van der Waals surface area contributed by atoms with E-state index < -0.39 is 36.5 Å². The van der Waals surface area contributed by atoms with Crippen LogP contribution in [0.4, 0.5) is 4.39 Å². The minimum Gasteiger partial charge on any atom is -0.454 e. The van der Waals surface area contributed by atoms with Crippen LogP contribution in [0.15, 0.2) is 66.0 Å². The van der Waals surface area contributed by atoms with Crippen LogP contribution in [0.25, 0.3) is 0 Å². The van der Waals surface area contributed by atoms with Crippen LogP contribution in [-0.4, -0.2) is 30.4 Å². The van der Waals surface area contributed by atoms with Crippen LogP contribution in [0.3, 0.4) is 0 Å². The molecule has 0 saturated heterocycles. The van der Waals surface area contributed by atoms with Crippen molar-refractivity contribution >= 4 is 29.1 Å². The summed E-state index contributed by atoms with van der Waals surface area (Å²) in [5.74, 6) is -2.22. The first kappa shape index (κ1) is 25.1. The van der Waals surface area contributed by atoms with Gasteiger partial charge in [0.1, 0.15) is 11.9 Å². The second-order valence-electron chi connectivity index (χ2n) is 8.24. The van der Waals surface area contributed by atoms with Crippen molar-refractivity contribution in [2.75, 3.05) is 6.61 Å². The number of carbonyl (C=O) groups is 3. The van der Waals surface area contributed by atoms with Gasteiger partial charge in [0, 0.05) is 10.4 Å². The number of esters is 1. The third kappa shape index (κ3) is 6.74. The molecule has 0 bridgehead atoms. The molecule has 0 saturated carbocycles. The van der Waals surface area contributed by atoms with Gasteiger partial charge in [-0.2, -0.15) is 0 Å². The summed E-state index contributed by atoms with van der Waals surface area (Å²) in [5, 5.41) is 7.41. The molecule has 0 fully saturated rings. The third-order valence-electron chi connectivity index (χ3n) is 5.17. The number of aryl methyl sites for hydroxylation is 1. The molecule has 0 aliphatic heterocycles. The van der Waals surface area contributed by atoms with E-state index in [0.29, 0.717) is 11.1 Å². The summed E-state index contributed by atoms with van der Waals surface area (Å²) >= 11 is 1.45. The second-order valence-corrected chi connectivity index (χ2v) is 9.22. The van der Waals surface area contributed by atoms with Gasteiger partial charge in [-0.3, -0.25) is 9.59 Å². The lowest BCUT2D eigenvalue weighted by molar-refractivity contribution is -0.151. The molecule has 6 nitrogen and oxygen atoms in total. The quantitative estimate of drug-likeness (QED) is 0.443. The lowest BCUT2D eigenvalue weighted by atomic mass is 10.0. The van der Waals surface area contributed by atoms with Crippen LogP contribution >= 0.6 is 11.3 Å². The molecule has 3 rings (SSSR count). The van der Waals surface area contributed by atoms with Crippen LogP contribution in [0, 0.1) is 18.7 Å². The van der Waals surface area contributed by atoms with Gasteiger partial charge >= 0.3 is 5.97 Å². The van der Waals surface area contributed by atoms with Crippen LogP contribution in [-0.2, 0) is 14.3 Å². The number of ether oxygens (including phenoxy) is 1. The van der Waals surface area contributed by atoms with E-state index in [9.17, 15) is 18.8 Å². The zero-order valence-corrected chi connectivity index (χ0v) is 20.0. The van der Waals surface area contributed by atoms with Gasteiger partial charge in [0.2, 0.25) is 0 Å². The first-order chi connectivity index (χ1) is 16.2. The monoisotopic (exact) mass is 482 g/mol. The molecule has 178 valence electrons. The van der Waals surface area contributed by atoms with Crippen molar-refractivity contribution in [3.05, 3.63) is 93.4 Å². The SMILES string of the molecule is Cc1cccc(C(=O)N[C@H](C(=O)OCC(=O)NC(c2ccc(F)cc2)c2cccs2)C(C)C)c1. The molecule has 2 aromatic carbocycles. The molecule has 2 atom stereocenters. The van der Waals surface area contributed by atoms with Crippen LogP contribution < -0.4 is 10.6 Å². The molecular weight excluding hydrogens is 455 g/mol. The van der Waals surface area contributed by atoms with Crippen LogP contribution in [0.2, 0.25) is 0 Å². The average molecular weight is 483 g/mol.